The van der Waals surface area contributed by atoms with Gasteiger partial charge in [0.05, 0.1) is 28.4 Å². The average Bonchev–Trinajstić information content (AvgIpc) is 2.69. The first kappa shape index (κ1) is 23.1. The molecular formula is C18H17ClF3N4O4+. The van der Waals surface area contributed by atoms with Gasteiger partial charge in [-0.05, 0) is 25.1 Å². The van der Waals surface area contributed by atoms with Gasteiger partial charge in [-0.1, -0.05) is 11.6 Å². The Bertz CT molecular complexity index is 1010. The number of hydrogen-bond donors (Lipinski definition) is 3. The molecule has 0 fully saturated rings. The summed E-state index contributed by atoms with van der Waals surface area (Å²) in [6.45, 7) is 1.18. The summed E-state index contributed by atoms with van der Waals surface area (Å²) >= 11 is 5.94. The zero-order chi connectivity index (χ0) is 22.6. The van der Waals surface area contributed by atoms with Gasteiger partial charge in [0.25, 0.3) is 17.5 Å². The molecule has 0 heterocycles. The fraction of sp³-hybridized carbons (Fsp3) is 0.222. The maximum absolute atomic E-state index is 13.7. The van der Waals surface area contributed by atoms with Gasteiger partial charge in [0.1, 0.15) is 0 Å². The molecule has 0 bridgehead atoms. The van der Waals surface area contributed by atoms with E-state index in [1.165, 1.54) is 26.1 Å². The van der Waals surface area contributed by atoms with E-state index >= 15 is 0 Å². The molecule has 160 valence electrons. The summed E-state index contributed by atoms with van der Waals surface area (Å²) < 4.78 is 39.9. The summed E-state index contributed by atoms with van der Waals surface area (Å²) in [7, 11) is 1.50. The molecule has 0 spiro atoms. The Kier molecular flexibility index (Phi) is 7.35. The minimum atomic E-state index is -1.71. The van der Waals surface area contributed by atoms with Gasteiger partial charge in [-0.15, -0.1) is 0 Å². The molecule has 3 N–H and O–H groups in total. The van der Waals surface area contributed by atoms with Crippen LogP contribution in [0.4, 0.5) is 30.2 Å². The van der Waals surface area contributed by atoms with Crippen LogP contribution in [0.5, 0.6) is 0 Å². The Hall–Kier alpha value is -3.18. The molecule has 0 radical (unpaired) electrons. The summed E-state index contributed by atoms with van der Waals surface area (Å²) in [4.78, 5) is 35.1. The van der Waals surface area contributed by atoms with Gasteiger partial charge in [0.15, 0.2) is 30.0 Å². The van der Waals surface area contributed by atoms with Crippen molar-refractivity contribution in [1.82, 2.24) is 0 Å². The number of non-ortho nitro benzene ring substituents is 1. The van der Waals surface area contributed by atoms with Crippen LogP contribution in [0, 0.1) is 27.6 Å². The summed E-state index contributed by atoms with van der Waals surface area (Å²) in [6, 6.07) is 4.27. The molecule has 0 aliphatic heterocycles. The molecule has 0 aliphatic rings. The number of nitro groups is 1. The summed E-state index contributed by atoms with van der Waals surface area (Å²) in [6.07, 6.45) is 0. The van der Waals surface area contributed by atoms with Crippen molar-refractivity contribution in [3.05, 3.63) is 62.9 Å². The molecule has 2 aromatic carbocycles. The van der Waals surface area contributed by atoms with Crippen LogP contribution in [0.2, 0.25) is 5.02 Å². The maximum Gasteiger partial charge on any atom is 0.282 e. The van der Waals surface area contributed by atoms with Crippen LogP contribution in [0.3, 0.4) is 0 Å². The lowest BCUT2D eigenvalue weighted by atomic mass is 10.2. The van der Waals surface area contributed by atoms with E-state index in [-0.39, 0.29) is 22.9 Å². The molecule has 0 aromatic heterocycles. The third kappa shape index (κ3) is 5.45. The second-order valence-electron chi connectivity index (χ2n) is 6.43. The smallest absolute Gasteiger partial charge is 0.282 e. The van der Waals surface area contributed by atoms with Crippen molar-refractivity contribution in [2.75, 3.05) is 24.2 Å². The highest BCUT2D eigenvalue weighted by atomic mass is 35.5. The van der Waals surface area contributed by atoms with Crippen molar-refractivity contribution < 1.29 is 32.6 Å². The highest BCUT2D eigenvalue weighted by molar-refractivity contribution is 6.33. The van der Waals surface area contributed by atoms with Crippen LogP contribution in [-0.2, 0) is 9.59 Å². The zero-order valence-corrected chi connectivity index (χ0v) is 16.5. The van der Waals surface area contributed by atoms with E-state index in [1.807, 2.05) is 0 Å². The van der Waals surface area contributed by atoms with E-state index in [0.29, 0.717) is 11.0 Å². The predicted molar refractivity (Wildman–Crippen MR) is 103 cm³/mol. The van der Waals surface area contributed by atoms with Crippen molar-refractivity contribution in [2.24, 2.45) is 0 Å². The molecule has 30 heavy (non-hydrogen) atoms. The minimum absolute atomic E-state index is 0.0313. The molecule has 2 rings (SSSR count). The molecule has 0 saturated carbocycles. The van der Waals surface area contributed by atoms with E-state index in [0.717, 1.165) is 12.1 Å². The highest BCUT2D eigenvalue weighted by Gasteiger charge is 2.26. The van der Waals surface area contributed by atoms with Gasteiger partial charge in [-0.2, -0.15) is 0 Å². The average molecular weight is 446 g/mol. The van der Waals surface area contributed by atoms with Crippen molar-refractivity contribution >= 4 is 40.5 Å². The number of carbonyl (C=O) groups is 2. The zero-order valence-electron chi connectivity index (χ0n) is 15.8. The quantitative estimate of drug-likeness (QED) is 0.345. The van der Waals surface area contributed by atoms with E-state index < -0.39 is 45.9 Å². The minimum Gasteiger partial charge on any atom is -0.320 e. The topological polar surface area (TPSA) is 106 Å². The fourth-order valence-corrected chi connectivity index (χ4v) is 2.58. The Balaban J connectivity index is 2.01. The standard InChI is InChI=1S/C18H16ClF3N4O4/c1-9(18(28)24-14-7-10(26(29)30)3-4-11(14)19)25(2)8-15(27)23-13-6-5-12(20)16(21)17(13)22/h3-7,9H,8H2,1-2H3,(H,23,27)(H,24,28)/p+1/t9-/m0/s1. The van der Waals surface area contributed by atoms with Crippen LogP contribution in [-0.4, -0.2) is 36.4 Å². The normalized spacial score (nSPS) is 12.7. The monoisotopic (exact) mass is 445 g/mol. The predicted octanol–water partition coefficient (Wildman–Crippen LogP) is 2.15. The van der Waals surface area contributed by atoms with Crippen molar-refractivity contribution in [2.45, 2.75) is 13.0 Å². The van der Waals surface area contributed by atoms with Crippen LogP contribution >= 0.6 is 11.6 Å². The first-order valence-electron chi connectivity index (χ1n) is 8.51. The van der Waals surface area contributed by atoms with Crippen molar-refractivity contribution in [3.8, 4) is 0 Å². The molecular weight excluding hydrogens is 429 g/mol. The number of nitrogens with one attached hydrogen (secondary N) is 3. The van der Waals surface area contributed by atoms with Gasteiger partial charge in [-0.3, -0.25) is 19.7 Å². The Morgan fingerprint density at radius 3 is 2.43 bits per heavy atom. The van der Waals surface area contributed by atoms with E-state index in [2.05, 4.69) is 10.6 Å². The van der Waals surface area contributed by atoms with Crippen molar-refractivity contribution in [3.63, 3.8) is 0 Å². The number of carbonyl (C=O) groups excluding carboxylic acids is 2. The lowest BCUT2D eigenvalue weighted by Gasteiger charge is -2.21. The number of anilines is 2. The third-order valence-corrected chi connectivity index (χ3v) is 4.63. The number of quaternary nitrogens is 1. The summed E-state index contributed by atoms with van der Waals surface area (Å²) in [5, 5.41) is 15.5. The number of hydrogen-bond acceptors (Lipinski definition) is 4. The van der Waals surface area contributed by atoms with Gasteiger partial charge in [-0.25, -0.2) is 13.2 Å². The first-order chi connectivity index (χ1) is 14.0. The number of amides is 2. The molecule has 0 saturated heterocycles. The second kappa shape index (κ2) is 9.55. The Morgan fingerprint density at radius 1 is 1.13 bits per heavy atom. The van der Waals surface area contributed by atoms with Crippen LogP contribution < -0.4 is 15.5 Å². The second-order valence-corrected chi connectivity index (χ2v) is 6.83. The summed E-state index contributed by atoms with van der Waals surface area (Å²) in [5.74, 6) is -5.97. The van der Waals surface area contributed by atoms with Gasteiger partial charge in [0, 0.05) is 12.1 Å². The van der Waals surface area contributed by atoms with Gasteiger partial charge in [0.2, 0.25) is 0 Å². The molecule has 2 amide bonds. The number of likely N-dealkylation sites (N-methyl/N-ethyl adjacent to an activating group) is 1. The van der Waals surface area contributed by atoms with Crippen LogP contribution in [0.25, 0.3) is 0 Å². The largest absolute Gasteiger partial charge is 0.320 e. The fourth-order valence-electron chi connectivity index (χ4n) is 2.41. The third-order valence-electron chi connectivity index (χ3n) is 4.30. The van der Waals surface area contributed by atoms with E-state index in [1.54, 1.807) is 0 Å². The van der Waals surface area contributed by atoms with E-state index in [9.17, 15) is 32.9 Å². The van der Waals surface area contributed by atoms with Gasteiger partial charge < -0.3 is 15.5 Å². The lowest BCUT2D eigenvalue weighted by molar-refractivity contribution is -0.885. The first-order valence-corrected chi connectivity index (χ1v) is 8.89. The molecule has 1 unspecified atom stereocenters. The number of benzene rings is 2. The van der Waals surface area contributed by atoms with Crippen molar-refractivity contribution in [1.29, 1.82) is 0 Å². The Morgan fingerprint density at radius 2 is 1.80 bits per heavy atom. The van der Waals surface area contributed by atoms with Crippen LogP contribution in [0.15, 0.2) is 30.3 Å². The Labute approximate surface area is 173 Å². The molecule has 2 aromatic rings. The number of rotatable bonds is 7. The number of nitrogens with zero attached hydrogens (tertiary/aromatic N) is 1. The van der Waals surface area contributed by atoms with E-state index in [4.69, 9.17) is 11.6 Å². The summed E-state index contributed by atoms with van der Waals surface area (Å²) in [5.41, 5.74) is -0.771. The highest BCUT2D eigenvalue weighted by Crippen LogP contribution is 2.26. The molecule has 2 atom stereocenters. The molecule has 8 nitrogen and oxygen atoms in total. The van der Waals surface area contributed by atoms with Gasteiger partial charge >= 0.3 is 0 Å². The SMILES string of the molecule is C[C@@H](C(=O)Nc1cc([N+](=O)[O-])ccc1Cl)[NH+](C)CC(=O)Nc1ccc(F)c(F)c1F. The number of halogens is 4. The molecule has 12 heteroatoms. The number of nitro benzene ring substituents is 1. The lowest BCUT2D eigenvalue weighted by Crippen LogP contribution is -3.14. The maximum atomic E-state index is 13.7. The van der Waals surface area contributed by atoms with Crippen LogP contribution in [0.1, 0.15) is 6.92 Å². The molecule has 0 aliphatic carbocycles.